The lowest BCUT2D eigenvalue weighted by Gasteiger charge is -2.35. The number of hydrogen-bond acceptors (Lipinski definition) is 3. The summed E-state index contributed by atoms with van der Waals surface area (Å²) in [6.45, 7) is 7.65. The molecule has 80 valence electrons. The number of hydrogen-bond donors (Lipinski definition) is 2. The molecule has 2 N–H and O–H groups in total. The van der Waals surface area contributed by atoms with Crippen molar-refractivity contribution in [1.29, 1.82) is 0 Å². The molecule has 1 atom stereocenters. The first-order chi connectivity index (χ1) is 5.69. The van der Waals surface area contributed by atoms with E-state index in [0.29, 0.717) is 13.0 Å². The van der Waals surface area contributed by atoms with Gasteiger partial charge in [-0.05, 0) is 25.7 Å². The zero-order chi connectivity index (χ0) is 10.7. The van der Waals surface area contributed by atoms with Crippen molar-refractivity contribution in [2.45, 2.75) is 45.8 Å². The van der Waals surface area contributed by atoms with E-state index >= 15 is 0 Å². The Kier molecular flexibility index (Phi) is 4.36. The van der Waals surface area contributed by atoms with Crippen LogP contribution >= 0.6 is 0 Å². The van der Waals surface area contributed by atoms with E-state index in [2.05, 4.69) is 0 Å². The van der Waals surface area contributed by atoms with Gasteiger partial charge in [0.2, 0.25) is 0 Å². The maximum absolute atomic E-state index is 9.70. The minimum Gasteiger partial charge on any atom is -0.390 e. The van der Waals surface area contributed by atoms with Gasteiger partial charge in [0, 0.05) is 7.11 Å². The van der Waals surface area contributed by atoms with Crippen molar-refractivity contribution in [3.8, 4) is 0 Å². The van der Waals surface area contributed by atoms with Crippen LogP contribution < -0.4 is 0 Å². The third-order valence-corrected chi connectivity index (χ3v) is 2.11. The second-order valence-corrected chi connectivity index (χ2v) is 4.95. The topological polar surface area (TPSA) is 49.7 Å². The van der Waals surface area contributed by atoms with E-state index in [4.69, 9.17) is 4.74 Å². The second-order valence-electron chi connectivity index (χ2n) is 4.95. The van der Waals surface area contributed by atoms with Crippen molar-refractivity contribution in [3.05, 3.63) is 0 Å². The van der Waals surface area contributed by atoms with Gasteiger partial charge in [-0.15, -0.1) is 0 Å². The van der Waals surface area contributed by atoms with E-state index in [1.54, 1.807) is 21.0 Å². The van der Waals surface area contributed by atoms with Crippen molar-refractivity contribution >= 4 is 0 Å². The first kappa shape index (κ1) is 12.9. The molecular weight excluding hydrogens is 168 g/mol. The summed E-state index contributed by atoms with van der Waals surface area (Å²) in [4.78, 5) is 0. The standard InChI is InChI=1S/C10H22O3/c1-9(2,7-10(3,4)12)8(11)6-13-5/h8,11-12H,6-7H2,1-5H3. The van der Waals surface area contributed by atoms with Gasteiger partial charge in [0.15, 0.2) is 0 Å². The van der Waals surface area contributed by atoms with Gasteiger partial charge >= 0.3 is 0 Å². The Bertz CT molecular complexity index is 147. The fourth-order valence-corrected chi connectivity index (χ4v) is 1.62. The Morgan fingerprint density at radius 2 is 1.69 bits per heavy atom. The molecule has 0 bridgehead atoms. The number of rotatable bonds is 5. The van der Waals surface area contributed by atoms with E-state index in [9.17, 15) is 10.2 Å². The van der Waals surface area contributed by atoms with Crippen LogP contribution in [0.4, 0.5) is 0 Å². The van der Waals surface area contributed by atoms with Crippen molar-refractivity contribution < 1.29 is 14.9 Å². The van der Waals surface area contributed by atoms with E-state index in [1.807, 2.05) is 13.8 Å². The summed E-state index contributed by atoms with van der Waals surface area (Å²) in [7, 11) is 1.56. The van der Waals surface area contributed by atoms with Crippen molar-refractivity contribution in [1.82, 2.24) is 0 Å². The predicted molar refractivity (Wildman–Crippen MR) is 52.6 cm³/mol. The highest BCUT2D eigenvalue weighted by molar-refractivity contribution is 4.84. The summed E-state index contributed by atoms with van der Waals surface area (Å²) in [5, 5.41) is 19.3. The predicted octanol–water partition coefficient (Wildman–Crippen LogP) is 1.18. The minimum absolute atomic E-state index is 0.309. The van der Waals surface area contributed by atoms with Gasteiger partial charge in [-0.1, -0.05) is 13.8 Å². The summed E-state index contributed by atoms with van der Waals surface area (Å²) in [6.07, 6.45) is 0.00812. The molecule has 0 aliphatic carbocycles. The lowest BCUT2D eigenvalue weighted by molar-refractivity contribution is -0.0554. The summed E-state index contributed by atoms with van der Waals surface area (Å²) >= 11 is 0. The monoisotopic (exact) mass is 190 g/mol. The van der Waals surface area contributed by atoms with Crippen molar-refractivity contribution in [2.24, 2.45) is 5.41 Å². The minimum atomic E-state index is -0.752. The maximum atomic E-state index is 9.70. The van der Waals surface area contributed by atoms with Gasteiger partial charge in [0.05, 0.1) is 18.3 Å². The highest BCUT2D eigenvalue weighted by Crippen LogP contribution is 2.31. The zero-order valence-corrected chi connectivity index (χ0v) is 9.29. The van der Waals surface area contributed by atoms with Crippen LogP contribution in [0.2, 0.25) is 0 Å². The molecule has 3 nitrogen and oxygen atoms in total. The molecule has 0 fully saturated rings. The fourth-order valence-electron chi connectivity index (χ4n) is 1.62. The summed E-state index contributed by atoms with van der Waals surface area (Å²) < 4.78 is 4.87. The van der Waals surface area contributed by atoms with Gasteiger partial charge in [0.25, 0.3) is 0 Å². The van der Waals surface area contributed by atoms with E-state index in [0.717, 1.165) is 0 Å². The average molecular weight is 190 g/mol. The average Bonchev–Trinajstić information content (AvgIpc) is 1.82. The second kappa shape index (κ2) is 4.40. The Morgan fingerprint density at radius 3 is 2.00 bits per heavy atom. The van der Waals surface area contributed by atoms with Crippen LogP contribution in [-0.2, 0) is 4.74 Å². The molecule has 0 rings (SSSR count). The quantitative estimate of drug-likeness (QED) is 0.684. The normalized spacial score (nSPS) is 15.9. The van der Waals surface area contributed by atoms with Gasteiger partial charge in [-0.3, -0.25) is 0 Å². The molecule has 0 aliphatic heterocycles. The summed E-state index contributed by atoms with van der Waals surface area (Å²) in [6, 6.07) is 0. The first-order valence-corrected chi connectivity index (χ1v) is 4.58. The van der Waals surface area contributed by atoms with Crippen LogP contribution in [-0.4, -0.2) is 35.6 Å². The molecule has 0 saturated carbocycles. The molecule has 1 unspecified atom stereocenters. The molecule has 3 heteroatoms. The lowest BCUT2D eigenvalue weighted by Crippen LogP contribution is -2.39. The highest BCUT2D eigenvalue weighted by atomic mass is 16.5. The van der Waals surface area contributed by atoms with E-state index < -0.39 is 11.7 Å². The number of methoxy groups -OCH3 is 1. The van der Waals surface area contributed by atoms with Gasteiger partial charge in [-0.25, -0.2) is 0 Å². The number of aliphatic hydroxyl groups is 2. The van der Waals surface area contributed by atoms with Crippen LogP contribution in [0.3, 0.4) is 0 Å². The van der Waals surface area contributed by atoms with E-state index in [-0.39, 0.29) is 5.41 Å². The molecule has 0 aliphatic rings. The first-order valence-electron chi connectivity index (χ1n) is 4.58. The lowest BCUT2D eigenvalue weighted by atomic mass is 9.77. The third kappa shape index (κ3) is 5.24. The highest BCUT2D eigenvalue weighted by Gasteiger charge is 2.33. The number of aliphatic hydroxyl groups excluding tert-OH is 1. The van der Waals surface area contributed by atoms with Crippen LogP contribution in [0, 0.1) is 5.41 Å². The Hall–Kier alpha value is -0.120. The SMILES string of the molecule is COCC(O)C(C)(C)CC(C)(C)O. The van der Waals surface area contributed by atoms with Gasteiger partial charge in [-0.2, -0.15) is 0 Å². The zero-order valence-electron chi connectivity index (χ0n) is 9.29. The smallest absolute Gasteiger partial charge is 0.0825 e. The van der Waals surface area contributed by atoms with Gasteiger partial charge < -0.3 is 14.9 Å². The largest absolute Gasteiger partial charge is 0.390 e. The molecule has 0 spiro atoms. The van der Waals surface area contributed by atoms with Crippen molar-refractivity contribution in [3.63, 3.8) is 0 Å². The molecule has 0 heterocycles. The summed E-state index contributed by atoms with van der Waals surface area (Å²) in [5.74, 6) is 0. The van der Waals surface area contributed by atoms with Crippen LogP contribution in [0.1, 0.15) is 34.1 Å². The molecular formula is C10H22O3. The molecule has 13 heavy (non-hydrogen) atoms. The van der Waals surface area contributed by atoms with Gasteiger partial charge in [0.1, 0.15) is 0 Å². The van der Waals surface area contributed by atoms with Crippen LogP contribution in [0.15, 0.2) is 0 Å². The Balaban J connectivity index is 4.21. The molecule has 0 radical (unpaired) electrons. The molecule has 0 aromatic heterocycles. The Labute approximate surface area is 80.7 Å². The molecule has 0 aromatic rings. The third-order valence-electron chi connectivity index (χ3n) is 2.11. The van der Waals surface area contributed by atoms with E-state index in [1.165, 1.54) is 0 Å². The fraction of sp³-hybridized carbons (Fsp3) is 1.00. The number of ether oxygens (including phenoxy) is 1. The molecule has 0 amide bonds. The Morgan fingerprint density at radius 1 is 1.23 bits per heavy atom. The van der Waals surface area contributed by atoms with Crippen LogP contribution in [0.25, 0.3) is 0 Å². The summed E-state index contributed by atoms with van der Waals surface area (Å²) in [5.41, 5.74) is -1.08. The molecule has 0 saturated heterocycles. The van der Waals surface area contributed by atoms with Crippen molar-refractivity contribution in [2.75, 3.05) is 13.7 Å². The molecule has 0 aromatic carbocycles. The maximum Gasteiger partial charge on any atom is 0.0825 e. The van der Waals surface area contributed by atoms with Crippen LogP contribution in [0.5, 0.6) is 0 Å².